The number of benzene rings is 2. The van der Waals surface area contributed by atoms with Crippen LogP contribution in [0.5, 0.6) is 0 Å². The molecule has 0 bridgehead atoms. The van der Waals surface area contributed by atoms with Crippen LogP contribution in [0.4, 0.5) is 5.69 Å². The van der Waals surface area contributed by atoms with E-state index in [1.807, 2.05) is 0 Å². The van der Waals surface area contributed by atoms with Gasteiger partial charge in [-0.05, 0) is 77.3 Å². The highest BCUT2D eigenvalue weighted by Gasteiger charge is 2.61. The Morgan fingerprint density at radius 3 is 1.79 bits per heavy atom. The summed E-state index contributed by atoms with van der Waals surface area (Å²) in [6, 6.07) is 16.0. The fraction of sp³-hybridized carbons (Fsp3) is 0.600. The standard InChI is InChI=1S/C30H46NPS/c1-21(2)25-13-11-14-26(22(3)4)27(25)31-32(29(8,9)10)20-12-19-30(32,28(5,6)7)23-15-17-24(33)18-16-23/h11,13-18,21-22,33H,12,19-20H2,1-10H3. The van der Waals surface area contributed by atoms with Gasteiger partial charge in [-0.15, -0.1) is 12.6 Å². The molecule has 1 saturated heterocycles. The van der Waals surface area contributed by atoms with Gasteiger partial charge in [0.15, 0.2) is 0 Å². The number of rotatable bonds is 4. The molecule has 1 heterocycles. The van der Waals surface area contributed by atoms with Crippen molar-refractivity contribution < 1.29 is 0 Å². The normalized spacial score (nSPS) is 24.0. The molecule has 0 N–H and O–H groups in total. The van der Waals surface area contributed by atoms with Gasteiger partial charge in [-0.3, -0.25) is 4.74 Å². The van der Waals surface area contributed by atoms with Crippen LogP contribution in [0, 0.1) is 5.41 Å². The molecule has 0 aliphatic carbocycles. The largest absolute Gasteiger partial charge is 0.265 e. The van der Waals surface area contributed by atoms with Gasteiger partial charge >= 0.3 is 0 Å². The summed E-state index contributed by atoms with van der Waals surface area (Å²) >= 11 is 4.61. The van der Waals surface area contributed by atoms with Gasteiger partial charge in [-0.2, -0.15) is 0 Å². The summed E-state index contributed by atoms with van der Waals surface area (Å²) in [6.45, 7) is 24.1. The van der Waals surface area contributed by atoms with Crippen LogP contribution in [0.15, 0.2) is 52.1 Å². The molecule has 3 heteroatoms. The van der Waals surface area contributed by atoms with Crippen molar-refractivity contribution >= 4 is 25.4 Å². The lowest BCUT2D eigenvalue weighted by atomic mass is 9.73. The minimum Gasteiger partial charge on any atom is -0.265 e. The molecule has 2 aromatic rings. The van der Waals surface area contributed by atoms with Crippen molar-refractivity contribution in [2.45, 2.75) is 109 Å². The van der Waals surface area contributed by atoms with Crippen LogP contribution in [0.3, 0.4) is 0 Å². The first-order chi connectivity index (χ1) is 15.2. The van der Waals surface area contributed by atoms with E-state index in [-0.39, 0.29) is 15.7 Å². The molecule has 0 spiro atoms. The van der Waals surface area contributed by atoms with Crippen molar-refractivity contribution in [2.24, 2.45) is 10.2 Å². The molecule has 1 aliphatic rings. The third kappa shape index (κ3) is 4.40. The summed E-state index contributed by atoms with van der Waals surface area (Å²) in [5.74, 6) is 0.912. The van der Waals surface area contributed by atoms with Crippen molar-refractivity contribution in [3.63, 3.8) is 0 Å². The highest BCUT2D eigenvalue weighted by Crippen LogP contribution is 2.83. The SMILES string of the molecule is CC(C)c1cccc(C(C)C)c1N=P1(C(C)(C)C)CCCC1(c1ccc(S)cc1)C(C)(C)C. The van der Waals surface area contributed by atoms with E-state index in [0.29, 0.717) is 11.8 Å². The molecule has 2 unspecified atom stereocenters. The third-order valence-electron chi connectivity index (χ3n) is 7.96. The average Bonchev–Trinajstić information content (AvgIpc) is 3.09. The zero-order valence-corrected chi connectivity index (χ0v) is 24.4. The maximum atomic E-state index is 6.11. The molecule has 0 radical (unpaired) electrons. The van der Waals surface area contributed by atoms with Gasteiger partial charge in [0.05, 0.1) is 5.69 Å². The Morgan fingerprint density at radius 1 is 0.848 bits per heavy atom. The van der Waals surface area contributed by atoms with Crippen LogP contribution in [0.25, 0.3) is 0 Å². The van der Waals surface area contributed by atoms with Gasteiger partial charge in [-0.1, -0.05) is 99.6 Å². The molecular weight excluding hydrogens is 437 g/mol. The highest BCUT2D eigenvalue weighted by atomic mass is 32.1. The lowest BCUT2D eigenvalue weighted by molar-refractivity contribution is 0.266. The fourth-order valence-corrected chi connectivity index (χ4v) is 12.7. The quantitative estimate of drug-likeness (QED) is 0.328. The summed E-state index contributed by atoms with van der Waals surface area (Å²) in [4.78, 5) is 1.03. The van der Waals surface area contributed by atoms with Gasteiger partial charge in [0.25, 0.3) is 0 Å². The minimum atomic E-state index is -1.89. The summed E-state index contributed by atoms with van der Waals surface area (Å²) in [6.07, 6.45) is 3.67. The lowest BCUT2D eigenvalue weighted by Gasteiger charge is -2.55. The van der Waals surface area contributed by atoms with E-state index in [0.717, 1.165) is 4.90 Å². The molecule has 182 valence electrons. The van der Waals surface area contributed by atoms with Crippen molar-refractivity contribution in [1.82, 2.24) is 0 Å². The van der Waals surface area contributed by atoms with Gasteiger partial charge in [0.1, 0.15) is 0 Å². The van der Waals surface area contributed by atoms with Gasteiger partial charge in [-0.25, -0.2) is 0 Å². The van der Waals surface area contributed by atoms with E-state index in [1.165, 1.54) is 41.4 Å². The first-order valence-electron chi connectivity index (χ1n) is 12.7. The van der Waals surface area contributed by atoms with Crippen LogP contribution >= 0.6 is 19.7 Å². The Hall–Kier alpha value is -0.980. The Balaban J connectivity index is 2.53. The second kappa shape index (κ2) is 9.23. The topological polar surface area (TPSA) is 12.4 Å². The lowest BCUT2D eigenvalue weighted by Crippen LogP contribution is -2.42. The second-order valence-corrected chi connectivity index (χ2v) is 17.4. The van der Waals surface area contributed by atoms with Gasteiger partial charge in [0, 0.05) is 10.1 Å². The molecule has 3 rings (SSSR count). The van der Waals surface area contributed by atoms with Crippen molar-refractivity contribution in [3.8, 4) is 0 Å². The molecule has 0 saturated carbocycles. The molecule has 1 nitrogen and oxygen atoms in total. The molecule has 2 atom stereocenters. The van der Waals surface area contributed by atoms with Gasteiger partial charge in [0.2, 0.25) is 0 Å². The Bertz CT molecular complexity index is 1010. The maximum absolute atomic E-state index is 6.11. The van der Waals surface area contributed by atoms with Crippen LogP contribution in [-0.4, -0.2) is 11.3 Å². The van der Waals surface area contributed by atoms with E-state index >= 15 is 0 Å². The summed E-state index contributed by atoms with van der Waals surface area (Å²) in [5.41, 5.74) is 5.67. The third-order valence-corrected chi connectivity index (χ3v) is 14.4. The highest BCUT2D eigenvalue weighted by molar-refractivity contribution is 7.80. The summed E-state index contributed by atoms with van der Waals surface area (Å²) in [5, 5.41) is 0.146. The monoisotopic (exact) mass is 483 g/mol. The van der Waals surface area contributed by atoms with Crippen molar-refractivity contribution in [3.05, 3.63) is 59.2 Å². The molecule has 1 fully saturated rings. The fourth-order valence-electron chi connectivity index (χ4n) is 6.39. The first kappa shape index (κ1) is 26.6. The summed E-state index contributed by atoms with van der Waals surface area (Å²) < 4.78 is 6.11. The Labute approximate surface area is 209 Å². The first-order valence-corrected chi connectivity index (χ1v) is 15.1. The van der Waals surface area contributed by atoms with E-state index in [2.05, 4.69) is 124 Å². The molecular formula is C30H46NPS. The van der Waals surface area contributed by atoms with Crippen LogP contribution in [-0.2, 0) is 5.16 Å². The Morgan fingerprint density at radius 2 is 1.36 bits per heavy atom. The number of thiol groups is 1. The van der Waals surface area contributed by atoms with E-state index in [9.17, 15) is 0 Å². The molecule has 1 aliphatic heterocycles. The van der Waals surface area contributed by atoms with Crippen molar-refractivity contribution in [1.29, 1.82) is 0 Å². The number of nitrogens with zero attached hydrogens (tertiary/aromatic N) is 1. The van der Waals surface area contributed by atoms with Crippen LogP contribution in [0.2, 0.25) is 0 Å². The minimum absolute atomic E-state index is 0.0398. The zero-order valence-electron chi connectivity index (χ0n) is 22.7. The van der Waals surface area contributed by atoms with E-state index in [1.54, 1.807) is 0 Å². The maximum Gasteiger partial charge on any atom is 0.0683 e. The predicted molar refractivity (Wildman–Crippen MR) is 152 cm³/mol. The molecule has 2 aromatic carbocycles. The summed E-state index contributed by atoms with van der Waals surface area (Å²) in [7, 11) is -1.89. The van der Waals surface area contributed by atoms with E-state index < -0.39 is 7.05 Å². The molecule has 33 heavy (non-hydrogen) atoms. The smallest absolute Gasteiger partial charge is 0.0683 e. The molecule has 0 aromatic heterocycles. The Kier molecular flexibility index (Phi) is 7.45. The van der Waals surface area contributed by atoms with Crippen molar-refractivity contribution in [2.75, 3.05) is 6.16 Å². The number of hydrogen-bond acceptors (Lipinski definition) is 2. The van der Waals surface area contributed by atoms with Crippen LogP contribution in [0.1, 0.15) is 111 Å². The van der Waals surface area contributed by atoms with Gasteiger partial charge < -0.3 is 0 Å². The molecule has 0 amide bonds. The van der Waals surface area contributed by atoms with E-state index in [4.69, 9.17) is 4.74 Å². The van der Waals surface area contributed by atoms with Crippen LogP contribution < -0.4 is 0 Å². The average molecular weight is 484 g/mol. The number of hydrogen-bond donors (Lipinski definition) is 1. The predicted octanol–water partition coefficient (Wildman–Crippen LogP) is 10.6. The second-order valence-electron chi connectivity index (χ2n) is 12.6. The zero-order chi connectivity index (χ0) is 24.8.